The SMILES string of the molecule is CN(Cc1ncc[nH]1)C(=O)CNC(=O)c1ccco1. The van der Waals surface area contributed by atoms with Gasteiger partial charge in [-0.3, -0.25) is 9.59 Å². The number of hydrogen-bond donors (Lipinski definition) is 2. The van der Waals surface area contributed by atoms with Crippen LogP contribution in [0, 0.1) is 0 Å². The number of amides is 2. The van der Waals surface area contributed by atoms with Crippen LogP contribution in [0.2, 0.25) is 0 Å². The number of rotatable bonds is 5. The zero-order valence-electron chi connectivity index (χ0n) is 10.4. The molecule has 0 saturated heterocycles. The molecule has 0 aliphatic heterocycles. The first-order valence-electron chi connectivity index (χ1n) is 5.70. The highest BCUT2D eigenvalue weighted by molar-refractivity contribution is 5.94. The van der Waals surface area contributed by atoms with E-state index in [9.17, 15) is 9.59 Å². The van der Waals surface area contributed by atoms with Crippen molar-refractivity contribution < 1.29 is 14.0 Å². The molecule has 0 fully saturated rings. The fraction of sp³-hybridized carbons (Fsp3) is 0.250. The van der Waals surface area contributed by atoms with E-state index in [-0.39, 0.29) is 18.2 Å². The number of aromatic amines is 1. The molecule has 2 aromatic rings. The number of nitrogens with zero attached hydrogens (tertiary/aromatic N) is 2. The van der Waals surface area contributed by atoms with Crippen molar-refractivity contribution in [3.05, 3.63) is 42.4 Å². The van der Waals surface area contributed by atoms with Gasteiger partial charge < -0.3 is 19.6 Å². The maximum atomic E-state index is 11.8. The lowest BCUT2D eigenvalue weighted by Crippen LogP contribution is -2.37. The predicted octanol–water partition coefficient (Wildman–Crippen LogP) is 0.391. The Morgan fingerprint density at radius 2 is 2.37 bits per heavy atom. The van der Waals surface area contributed by atoms with Crippen molar-refractivity contribution in [3.63, 3.8) is 0 Å². The smallest absolute Gasteiger partial charge is 0.287 e. The summed E-state index contributed by atoms with van der Waals surface area (Å²) in [5.41, 5.74) is 0. The first kappa shape index (κ1) is 12.9. The van der Waals surface area contributed by atoms with E-state index in [1.165, 1.54) is 17.2 Å². The lowest BCUT2D eigenvalue weighted by Gasteiger charge is -2.15. The van der Waals surface area contributed by atoms with Crippen molar-refractivity contribution in [2.24, 2.45) is 0 Å². The molecule has 2 amide bonds. The summed E-state index contributed by atoms with van der Waals surface area (Å²) in [5, 5.41) is 2.49. The van der Waals surface area contributed by atoms with Crippen LogP contribution in [0.3, 0.4) is 0 Å². The lowest BCUT2D eigenvalue weighted by atomic mass is 10.4. The van der Waals surface area contributed by atoms with Gasteiger partial charge in [-0.1, -0.05) is 0 Å². The fourth-order valence-electron chi connectivity index (χ4n) is 1.48. The molecule has 7 heteroatoms. The molecule has 0 radical (unpaired) electrons. The van der Waals surface area contributed by atoms with Crippen LogP contribution in [0.1, 0.15) is 16.4 Å². The number of nitrogens with one attached hydrogen (secondary N) is 2. The summed E-state index contributed by atoms with van der Waals surface area (Å²) < 4.78 is 4.92. The van der Waals surface area contributed by atoms with Crippen LogP contribution in [0.4, 0.5) is 0 Å². The minimum absolute atomic E-state index is 0.0866. The Morgan fingerprint density at radius 3 is 3.00 bits per heavy atom. The molecule has 7 nitrogen and oxygen atoms in total. The van der Waals surface area contributed by atoms with E-state index in [1.807, 2.05) is 0 Å². The van der Waals surface area contributed by atoms with Gasteiger partial charge in [0.1, 0.15) is 5.82 Å². The Kier molecular flexibility index (Phi) is 3.97. The quantitative estimate of drug-likeness (QED) is 0.815. The first-order chi connectivity index (χ1) is 9.16. The van der Waals surface area contributed by atoms with Crippen LogP contribution in [-0.2, 0) is 11.3 Å². The molecule has 19 heavy (non-hydrogen) atoms. The van der Waals surface area contributed by atoms with Gasteiger partial charge >= 0.3 is 0 Å². The molecule has 2 rings (SSSR count). The number of aromatic nitrogens is 2. The summed E-state index contributed by atoms with van der Waals surface area (Å²) in [6.07, 6.45) is 4.71. The normalized spacial score (nSPS) is 10.2. The van der Waals surface area contributed by atoms with Crippen LogP contribution in [0.5, 0.6) is 0 Å². The highest BCUT2D eigenvalue weighted by atomic mass is 16.3. The Morgan fingerprint density at radius 1 is 1.53 bits per heavy atom. The van der Waals surface area contributed by atoms with Crippen molar-refractivity contribution in [2.75, 3.05) is 13.6 Å². The molecule has 0 saturated carbocycles. The van der Waals surface area contributed by atoms with Gasteiger partial charge in [-0.25, -0.2) is 4.98 Å². The van der Waals surface area contributed by atoms with E-state index in [1.54, 1.807) is 25.5 Å². The second-order valence-corrected chi connectivity index (χ2v) is 3.95. The standard InChI is InChI=1S/C12H14N4O3/c1-16(8-10-13-4-5-14-10)11(17)7-15-12(18)9-3-2-6-19-9/h2-6H,7-8H2,1H3,(H,13,14)(H,15,18). The molecule has 2 heterocycles. The molecule has 0 aromatic carbocycles. The number of likely N-dealkylation sites (N-methyl/N-ethyl adjacent to an activating group) is 1. The van der Waals surface area contributed by atoms with Crippen LogP contribution in [0.15, 0.2) is 35.2 Å². The molecule has 100 valence electrons. The van der Waals surface area contributed by atoms with E-state index in [4.69, 9.17) is 4.42 Å². The number of imidazole rings is 1. The zero-order valence-corrected chi connectivity index (χ0v) is 10.4. The lowest BCUT2D eigenvalue weighted by molar-refractivity contribution is -0.129. The van der Waals surface area contributed by atoms with Crippen molar-refractivity contribution in [1.29, 1.82) is 0 Å². The van der Waals surface area contributed by atoms with Gasteiger partial charge in [0.15, 0.2) is 5.76 Å². The largest absolute Gasteiger partial charge is 0.459 e. The average Bonchev–Trinajstić information content (AvgIpc) is 3.07. The van der Waals surface area contributed by atoms with E-state index in [0.717, 1.165) is 0 Å². The molecular weight excluding hydrogens is 248 g/mol. The summed E-state index contributed by atoms with van der Waals surface area (Å²) in [4.78, 5) is 31.7. The average molecular weight is 262 g/mol. The highest BCUT2D eigenvalue weighted by Gasteiger charge is 2.13. The van der Waals surface area contributed by atoms with Gasteiger partial charge in [0, 0.05) is 19.4 Å². The summed E-state index contributed by atoms with van der Waals surface area (Å²) in [7, 11) is 1.64. The van der Waals surface area contributed by atoms with Crippen LogP contribution < -0.4 is 5.32 Å². The van der Waals surface area contributed by atoms with E-state index in [0.29, 0.717) is 12.4 Å². The summed E-state index contributed by atoms with van der Waals surface area (Å²) >= 11 is 0. The van der Waals surface area contributed by atoms with Gasteiger partial charge in [-0.05, 0) is 12.1 Å². The van der Waals surface area contributed by atoms with Gasteiger partial charge in [0.2, 0.25) is 5.91 Å². The van der Waals surface area contributed by atoms with Crippen LogP contribution in [-0.4, -0.2) is 40.3 Å². The topological polar surface area (TPSA) is 91.2 Å². The Balaban J connectivity index is 1.79. The number of hydrogen-bond acceptors (Lipinski definition) is 4. The maximum Gasteiger partial charge on any atom is 0.287 e. The van der Waals surface area contributed by atoms with Gasteiger partial charge in [-0.2, -0.15) is 0 Å². The second-order valence-electron chi connectivity index (χ2n) is 3.95. The second kappa shape index (κ2) is 5.85. The van der Waals surface area contributed by atoms with Crippen LogP contribution >= 0.6 is 0 Å². The third kappa shape index (κ3) is 3.44. The fourth-order valence-corrected chi connectivity index (χ4v) is 1.48. The highest BCUT2D eigenvalue weighted by Crippen LogP contribution is 1.99. The zero-order chi connectivity index (χ0) is 13.7. The van der Waals surface area contributed by atoms with Gasteiger partial charge in [0.25, 0.3) is 5.91 Å². The maximum absolute atomic E-state index is 11.8. The molecule has 0 aliphatic carbocycles. The number of carbonyl (C=O) groups is 2. The van der Waals surface area contributed by atoms with Crippen molar-refractivity contribution >= 4 is 11.8 Å². The van der Waals surface area contributed by atoms with Gasteiger partial charge in [-0.15, -0.1) is 0 Å². The van der Waals surface area contributed by atoms with Crippen molar-refractivity contribution in [3.8, 4) is 0 Å². The first-order valence-corrected chi connectivity index (χ1v) is 5.70. The molecule has 0 spiro atoms. The van der Waals surface area contributed by atoms with Crippen molar-refractivity contribution in [2.45, 2.75) is 6.54 Å². The van der Waals surface area contributed by atoms with E-state index >= 15 is 0 Å². The third-order valence-electron chi connectivity index (χ3n) is 2.51. The Bertz CT molecular complexity index is 533. The molecule has 0 bridgehead atoms. The number of carbonyl (C=O) groups excluding carboxylic acids is 2. The predicted molar refractivity (Wildman–Crippen MR) is 66.1 cm³/mol. The molecule has 0 unspecified atom stereocenters. The van der Waals surface area contributed by atoms with Crippen LogP contribution in [0.25, 0.3) is 0 Å². The third-order valence-corrected chi connectivity index (χ3v) is 2.51. The monoisotopic (exact) mass is 262 g/mol. The summed E-state index contributed by atoms with van der Waals surface area (Å²) in [6.45, 7) is 0.277. The van der Waals surface area contributed by atoms with Gasteiger partial charge in [0.05, 0.1) is 19.4 Å². The minimum Gasteiger partial charge on any atom is -0.459 e. The Labute approximate surface area is 109 Å². The summed E-state index contributed by atoms with van der Waals surface area (Å²) in [6, 6.07) is 3.14. The molecule has 2 N–H and O–H groups in total. The Hall–Kier alpha value is -2.57. The van der Waals surface area contributed by atoms with E-state index in [2.05, 4.69) is 15.3 Å². The van der Waals surface area contributed by atoms with Crippen molar-refractivity contribution in [1.82, 2.24) is 20.2 Å². The minimum atomic E-state index is -0.412. The molecule has 0 aliphatic rings. The summed E-state index contributed by atoms with van der Waals surface area (Å²) in [5.74, 6) is 0.246. The molecule has 2 aromatic heterocycles. The number of furan rings is 1. The molecule has 0 atom stereocenters. The van der Waals surface area contributed by atoms with E-state index < -0.39 is 5.91 Å². The number of H-pyrrole nitrogens is 1. The molecular formula is C12H14N4O3.